The van der Waals surface area contributed by atoms with E-state index in [4.69, 9.17) is 14.2 Å². The number of fused-ring (bicyclic) bond motifs is 1. The van der Waals surface area contributed by atoms with Gasteiger partial charge < -0.3 is 19.1 Å². The zero-order valence-electron chi connectivity index (χ0n) is 14.4. The Morgan fingerprint density at radius 2 is 2.00 bits per heavy atom. The number of non-ortho nitro benzene ring substituents is 1. The summed E-state index contributed by atoms with van der Waals surface area (Å²) in [6.07, 6.45) is 0. The molecule has 0 atom stereocenters. The second-order valence-electron chi connectivity index (χ2n) is 5.69. The Hall–Kier alpha value is -3.29. The highest BCUT2D eigenvalue weighted by atomic mass is 16.6. The van der Waals surface area contributed by atoms with Crippen molar-refractivity contribution < 1.29 is 23.9 Å². The Balaban J connectivity index is 1.91. The minimum absolute atomic E-state index is 0.149. The molecule has 136 valence electrons. The normalized spacial score (nSPS) is 13.5. The van der Waals surface area contributed by atoms with Gasteiger partial charge in [0.25, 0.3) is 11.6 Å². The van der Waals surface area contributed by atoms with E-state index in [2.05, 4.69) is 0 Å². The van der Waals surface area contributed by atoms with Gasteiger partial charge in [-0.1, -0.05) is 0 Å². The van der Waals surface area contributed by atoms with Gasteiger partial charge in [-0.25, -0.2) is 0 Å². The van der Waals surface area contributed by atoms with Gasteiger partial charge in [0.05, 0.1) is 31.3 Å². The molecule has 8 heteroatoms. The van der Waals surface area contributed by atoms with Crippen molar-refractivity contribution >= 4 is 11.6 Å². The van der Waals surface area contributed by atoms with Gasteiger partial charge in [-0.2, -0.15) is 0 Å². The summed E-state index contributed by atoms with van der Waals surface area (Å²) in [4.78, 5) is 25.0. The van der Waals surface area contributed by atoms with Crippen molar-refractivity contribution in [2.75, 3.05) is 27.4 Å². The summed E-state index contributed by atoms with van der Waals surface area (Å²) in [7, 11) is 3.11. The Morgan fingerprint density at radius 3 is 2.69 bits per heavy atom. The van der Waals surface area contributed by atoms with Crippen LogP contribution in [0.2, 0.25) is 0 Å². The maximum atomic E-state index is 12.9. The SMILES string of the molecule is COc1ccc(CN2CCOc3ccc([N+](=O)[O-])cc3C2=O)c(OC)c1. The first-order chi connectivity index (χ1) is 12.5. The topological polar surface area (TPSA) is 91.1 Å². The lowest BCUT2D eigenvalue weighted by Crippen LogP contribution is -2.32. The molecule has 1 aliphatic heterocycles. The Labute approximate surface area is 150 Å². The van der Waals surface area contributed by atoms with Gasteiger partial charge in [-0.05, 0) is 18.2 Å². The first kappa shape index (κ1) is 17.5. The molecule has 0 aromatic heterocycles. The van der Waals surface area contributed by atoms with Crippen LogP contribution in [0.25, 0.3) is 0 Å². The van der Waals surface area contributed by atoms with E-state index >= 15 is 0 Å². The number of nitro benzene ring substituents is 1. The van der Waals surface area contributed by atoms with Crippen molar-refractivity contribution in [3.63, 3.8) is 0 Å². The van der Waals surface area contributed by atoms with Crippen LogP contribution in [0.15, 0.2) is 36.4 Å². The molecule has 2 aromatic carbocycles. The molecule has 1 aliphatic rings. The second-order valence-corrected chi connectivity index (χ2v) is 5.69. The van der Waals surface area contributed by atoms with Crippen molar-refractivity contribution in [2.24, 2.45) is 0 Å². The number of carbonyl (C=O) groups excluding carboxylic acids is 1. The highest BCUT2D eigenvalue weighted by Crippen LogP contribution is 2.30. The molecular formula is C18H18N2O6. The maximum absolute atomic E-state index is 12.9. The molecule has 0 radical (unpaired) electrons. The predicted octanol–water partition coefficient (Wildman–Crippen LogP) is 2.65. The molecule has 0 bridgehead atoms. The molecular weight excluding hydrogens is 340 g/mol. The van der Waals surface area contributed by atoms with Crippen molar-refractivity contribution in [3.8, 4) is 17.2 Å². The zero-order chi connectivity index (χ0) is 18.7. The van der Waals surface area contributed by atoms with Gasteiger partial charge in [0.2, 0.25) is 0 Å². The molecule has 26 heavy (non-hydrogen) atoms. The minimum Gasteiger partial charge on any atom is -0.497 e. The van der Waals surface area contributed by atoms with E-state index in [1.54, 1.807) is 31.3 Å². The van der Waals surface area contributed by atoms with E-state index in [-0.39, 0.29) is 23.7 Å². The van der Waals surface area contributed by atoms with Gasteiger partial charge in [0.15, 0.2) is 0 Å². The van der Waals surface area contributed by atoms with E-state index in [9.17, 15) is 14.9 Å². The summed E-state index contributed by atoms with van der Waals surface area (Å²) in [5.74, 6) is 1.28. The third-order valence-corrected chi connectivity index (χ3v) is 4.17. The summed E-state index contributed by atoms with van der Waals surface area (Å²) in [5.41, 5.74) is 0.837. The van der Waals surface area contributed by atoms with Crippen molar-refractivity contribution in [1.29, 1.82) is 0 Å². The monoisotopic (exact) mass is 358 g/mol. The molecule has 0 spiro atoms. The molecule has 0 fully saturated rings. The average molecular weight is 358 g/mol. The molecule has 1 heterocycles. The molecule has 1 amide bonds. The smallest absolute Gasteiger partial charge is 0.270 e. The van der Waals surface area contributed by atoms with Gasteiger partial charge >= 0.3 is 0 Å². The van der Waals surface area contributed by atoms with Crippen LogP contribution in [-0.2, 0) is 6.54 Å². The third-order valence-electron chi connectivity index (χ3n) is 4.17. The lowest BCUT2D eigenvalue weighted by Gasteiger charge is -2.21. The van der Waals surface area contributed by atoms with Crippen LogP contribution in [0.4, 0.5) is 5.69 Å². The van der Waals surface area contributed by atoms with E-state index in [1.807, 2.05) is 6.07 Å². The number of amides is 1. The lowest BCUT2D eigenvalue weighted by molar-refractivity contribution is -0.384. The summed E-state index contributed by atoms with van der Waals surface area (Å²) >= 11 is 0. The zero-order valence-corrected chi connectivity index (χ0v) is 14.4. The van der Waals surface area contributed by atoms with Crippen molar-refractivity contribution in [3.05, 3.63) is 57.6 Å². The van der Waals surface area contributed by atoms with E-state index in [0.717, 1.165) is 5.56 Å². The van der Waals surface area contributed by atoms with Crippen LogP contribution in [0, 0.1) is 10.1 Å². The number of methoxy groups -OCH3 is 2. The van der Waals surface area contributed by atoms with Crippen LogP contribution in [0.3, 0.4) is 0 Å². The summed E-state index contributed by atoms with van der Waals surface area (Å²) in [5, 5.41) is 11.0. The van der Waals surface area contributed by atoms with Crippen LogP contribution < -0.4 is 14.2 Å². The molecule has 3 rings (SSSR count). The lowest BCUT2D eigenvalue weighted by atomic mass is 10.1. The number of rotatable bonds is 5. The molecule has 0 unspecified atom stereocenters. The molecule has 0 N–H and O–H groups in total. The maximum Gasteiger partial charge on any atom is 0.270 e. The van der Waals surface area contributed by atoms with Gasteiger partial charge in [-0.15, -0.1) is 0 Å². The van der Waals surface area contributed by atoms with Crippen molar-refractivity contribution in [1.82, 2.24) is 4.90 Å². The Morgan fingerprint density at radius 1 is 1.19 bits per heavy atom. The molecule has 0 saturated heterocycles. The van der Waals surface area contributed by atoms with Crippen LogP contribution >= 0.6 is 0 Å². The average Bonchev–Trinajstić information content (AvgIpc) is 2.81. The first-order valence-corrected chi connectivity index (χ1v) is 7.95. The largest absolute Gasteiger partial charge is 0.497 e. The molecule has 2 aromatic rings. The van der Waals surface area contributed by atoms with E-state index < -0.39 is 4.92 Å². The third kappa shape index (κ3) is 3.39. The van der Waals surface area contributed by atoms with Gasteiger partial charge in [0.1, 0.15) is 23.9 Å². The van der Waals surface area contributed by atoms with Crippen LogP contribution in [-0.4, -0.2) is 43.1 Å². The van der Waals surface area contributed by atoms with Gasteiger partial charge in [0, 0.05) is 30.3 Å². The number of nitro groups is 1. The Bertz CT molecular complexity index is 852. The number of hydrogen-bond donors (Lipinski definition) is 0. The molecule has 0 aliphatic carbocycles. The number of hydrogen-bond acceptors (Lipinski definition) is 6. The van der Waals surface area contributed by atoms with E-state index in [1.165, 1.54) is 18.2 Å². The predicted molar refractivity (Wildman–Crippen MR) is 92.9 cm³/mol. The highest BCUT2D eigenvalue weighted by Gasteiger charge is 2.26. The number of carbonyl (C=O) groups is 1. The molecule has 8 nitrogen and oxygen atoms in total. The quantitative estimate of drug-likeness (QED) is 0.603. The minimum atomic E-state index is -0.532. The number of nitrogens with zero attached hydrogens (tertiary/aromatic N) is 2. The first-order valence-electron chi connectivity index (χ1n) is 7.95. The second kappa shape index (κ2) is 7.30. The Kier molecular flexibility index (Phi) is 4.92. The van der Waals surface area contributed by atoms with Crippen LogP contribution in [0.1, 0.15) is 15.9 Å². The summed E-state index contributed by atoms with van der Waals surface area (Å²) in [6.45, 7) is 0.947. The number of ether oxygens (including phenoxy) is 3. The van der Waals surface area contributed by atoms with Crippen molar-refractivity contribution in [2.45, 2.75) is 6.54 Å². The fraction of sp³-hybridized carbons (Fsp3) is 0.278. The summed E-state index contributed by atoms with van der Waals surface area (Å²) < 4.78 is 16.1. The number of benzene rings is 2. The van der Waals surface area contributed by atoms with Crippen LogP contribution in [0.5, 0.6) is 17.2 Å². The molecule has 0 saturated carbocycles. The highest BCUT2D eigenvalue weighted by molar-refractivity contribution is 5.98. The van der Waals surface area contributed by atoms with E-state index in [0.29, 0.717) is 30.4 Å². The fourth-order valence-electron chi connectivity index (χ4n) is 2.80. The fourth-order valence-corrected chi connectivity index (χ4v) is 2.80. The standard InChI is InChI=1S/C18H18N2O6/c1-24-14-5-3-12(17(10-14)25-2)11-19-7-8-26-16-6-4-13(20(22)23)9-15(16)18(19)21/h3-6,9-10H,7-8,11H2,1-2H3. The van der Waals surface area contributed by atoms with Gasteiger partial charge in [-0.3, -0.25) is 14.9 Å². The summed E-state index contributed by atoms with van der Waals surface area (Å²) in [6, 6.07) is 9.39.